The zero-order valence-electron chi connectivity index (χ0n) is 11.8. The smallest absolute Gasteiger partial charge is 0.314 e. The lowest BCUT2D eigenvalue weighted by molar-refractivity contribution is -0.140. The normalized spacial score (nSPS) is 17.1. The van der Waals surface area contributed by atoms with Crippen LogP contribution in [-0.4, -0.2) is 23.3 Å². The van der Waals surface area contributed by atoms with Crippen LogP contribution in [0.1, 0.15) is 44.7 Å². The average molecular weight is 264 g/mol. The van der Waals surface area contributed by atoms with Gasteiger partial charge in [-0.3, -0.25) is 4.79 Å². The predicted octanol–water partition coefficient (Wildman–Crippen LogP) is 2.81. The van der Waals surface area contributed by atoms with Crippen LogP contribution in [0.4, 0.5) is 0 Å². The molecule has 4 heteroatoms. The van der Waals surface area contributed by atoms with Crippen LogP contribution < -0.4 is 4.74 Å². The molecule has 1 saturated carbocycles. The van der Waals surface area contributed by atoms with Crippen molar-refractivity contribution in [3.63, 3.8) is 0 Å². The number of methoxy groups -OCH3 is 1. The molecule has 0 unspecified atom stereocenters. The summed E-state index contributed by atoms with van der Waals surface area (Å²) in [5.41, 5.74) is -0.0146. The van der Waals surface area contributed by atoms with Crippen molar-refractivity contribution in [2.45, 2.75) is 44.4 Å². The van der Waals surface area contributed by atoms with Crippen LogP contribution in [0.15, 0.2) is 12.1 Å². The molecule has 0 saturated heterocycles. The fraction of sp³-hybridized carbons (Fsp3) is 0.533. The van der Waals surface area contributed by atoms with Crippen molar-refractivity contribution in [3.8, 4) is 11.5 Å². The van der Waals surface area contributed by atoms with Gasteiger partial charge in [0.25, 0.3) is 0 Å². The maximum Gasteiger partial charge on any atom is 0.314 e. The second kappa shape index (κ2) is 4.15. The minimum atomic E-state index is -0.932. The van der Waals surface area contributed by atoms with Gasteiger partial charge in [0.15, 0.2) is 0 Å². The highest BCUT2D eigenvalue weighted by atomic mass is 16.5. The van der Waals surface area contributed by atoms with Gasteiger partial charge in [-0.25, -0.2) is 0 Å². The van der Waals surface area contributed by atoms with E-state index in [2.05, 4.69) is 0 Å². The number of carboxylic acid groups (broad SMARTS) is 1. The molecule has 0 atom stereocenters. The zero-order valence-corrected chi connectivity index (χ0v) is 11.8. The zero-order chi connectivity index (χ0) is 14.4. The molecule has 1 aromatic carbocycles. The Morgan fingerprint density at radius 2 is 1.89 bits per heavy atom. The molecule has 1 fully saturated rings. The number of phenolic OH excluding ortho intramolecular Hbond substituents is 1. The number of hydrogen-bond acceptors (Lipinski definition) is 3. The van der Waals surface area contributed by atoms with Gasteiger partial charge in [0.1, 0.15) is 11.5 Å². The fourth-order valence-corrected chi connectivity index (χ4v) is 2.39. The van der Waals surface area contributed by atoms with Crippen molar-refractivity contribution >= 4 is 5.97 Å². The van der Waals surface area contributed by atoms with Gasteiger partial charge in [0, 0.05) is 11.1 Å². The Morgan fingerprint density at radius 3 is 2.26 bits per heavy atom. The lowest BCUT2D eigenvalue weighted by Crippen LogP contribution is -2.21. The Kier molecular flexibility index (Phi) is 3.00. The SMILES string of the molecule is COc1cc(C(C)(C)C)c(O)c(C2(C(=O)O)CC2)c1. The van der Waals surface area contributed by atoms with Crippen molar-refractivity contribution in [1.29, 1.82) is 0 Å². The molecular formula is C15H20O4. The number of aromatic hydroxyl groups is 1. The Morgan fingerprint density at radius 1 is 1.32 bits per heavy atom. The minimum absolute atomic E-state index is 0.0909. The third kappa shape index (κ3) is 2.15. The van der Waals surface area contributed by atoms with Crippen LogP contribution in [0.25, 0.3) is 0 Å². The van der Waals surface area contributed by atoms with Crippen LogP contribution in [-0.2, 0) is 15.6 Å². The van der Waals surface area contributed by atoms with Gasteiger partial charge in [-0.2, -0.15) is 0 Å². The second-order valence-corrected chi connectivity index (χ2v) is 6.21. The van der Waals surface area contributed by atoms with Gasteiger partial charge in [-0.15, -0.1) is 0 Å². The third-order valence-corrected chi connectivity index (χ3v) is 3.80. The summed E-state index contributed by atoms with van der Waals surface area (Å²) in [7, 11) is 1.54. The monoisotopic (exact) mass is 264 g/mol. The van der Waals surface area contributed by atoms with E-state index in [1.54, 1.807) is 19.2 Å². The van der Waals surface area contributed by atoms with Crippen LogP contribution in [0.3, 0.4) is 0 Å². The summed E-state index contributed by atoms with van der Waals surface area (Å²) in [6.07, 6.45) is 1.12. The number of benzene rings is 1. The van der Waals surface area contributed by atoms with Gasteiger partial charge in [-0.1, -0.05) is 20.8 Å². The summed E-state index contributed by atoms with van der Waals surface area (Å²) in [5, 5.41) is 19.8. The maximum absolute atomic E-state index is 11.4. The molecule has 0 spiro atoms. The summed E-state index contributed by atoms with van der Waals surface area (Å²) in [4.78, 5) is 11.4. The first kappa shape index (κ1) is 13.7. The van der Waals surface area contributed by atoms with E-state index in [-0.39, 0.29) is 11.2 Å². The van der Waals surface area contributed by atoms with Gasteiger partial charge >= 0.3 is 5.97 Å². The summed E-state index contributed by atoms with van der Waals surface area (Å²) < 4.78 is 5.24. The number of carboxylic acids is 1. The number of hydrogen-bond donors (Lipinski definition) is 2. The molecular weight excluding hydrogens is 244 g/mol. The molecule has 0 amide bonds. The molecule has 104 valence electrons. The molecule has 1 aliphatic carbocycles. The van der Waals surface area contributed by atoms with E-state index in [4.69, 9.17) is 4.74 Å². The molecule has 4 nitrogen and oxygen atoms in total. The van der Waals surface area contributed by atoms with E-state index in [1.807, 2.05) is 20.8 Å². The molecule has 2 rings (SSSR count). The largest absolute Gasteiger partial charge is 0.507 e. The first-order chi connectivity index (χ1) is 8.72. The van der Waals surface area contributed by atoms with Gasteiger partial charge in [0.2, 0.25) is 0 Å². The second-order valence-electron chi connectivity index (χ2n) is 6.21. The molecule has 0 heterocycles. The van der Waals surface area contributed by atoms with Crippen molar-refractivity contribution in [3.05, 3.63) is 23.3 Å². The van der Waals surface area contributed by atoms with Gasteiger partial charge < -0.3 is 14.9 Å². The van der Waals surface area contributed by atoms with E-state index >= 15 is 0 Å². The summed E-state index contributed by atoms with van der Waals surface area (Å²) in [5.74, 6) is -0.200. The summed E-state index contributed by atoms with van der Waals surface area (Å²) in [6, 6.07) is 3.42. The molecule has 1 aliphatic rings. The van der Waals surface area contributed by atoms with Crippen LogP contribution in [0.2, 0.25) is 0 Å². The molecule has 0 bridgehead atoms. The number of carbonyl (C=O) groups is 1. The Hall–Kier alpha value is -1.71. The van der Waals surface area contributed by atoms with Crippen molar-refractivity contribution in [2.24, 2.45) is 0 Å². The van der Waals surface area contributed by atoms with E-state index in [9.17, 15) is 15.0 Å². The van der Waals surface area contributed by atoms with Crippen LogP contribution >= 0.6 is 0 Å². The molecule has 0 radical (unpaired) electrons. The first-order valence-corrected chi connectivity index (χ1v) is 6.38. The van der Waals surface area contributed by atoms with E-state index in [1.165, 1.54) is 0 Å². The standard InChI is InChI=1S/C15H20O4/c1-14(2,3)10-7-9(19-4)8-11(12(10)16)15(5-6-15)13(17)18/h7-8,16H,5-6H2,1-4H3,(H,17,18). The lowest BCUT2D eigenvalue weighted by atomic mass is 9.82. The molecule has 19 heavy (non-hydrogen) atoms. The Labute approximate surface area is 113 Å². The van der Waals surface area contributed by atoms with Crippen molar-refractivity contribution < 1.29 is 19.7 Å². The predicted molar refractivity (Wildman–Crippen MR) is 71.9 cm³/mol. The van der Waals surface area contributed by atoms with Crippen molar-refractivity contribution in [1.82, 2.24) is 0 Å². The van der Waals surface area contributed by atoms with E-state index in [0.29, 0.717) is 24.2 Å². The quantitative estimate of drug-likeness (QED) is 0.881. The van der Waals surface area contributed by atoms with Crippen LogP contribution in [0.5, 0.6) is 11.5 Å². The number of aliphatic carboxylic acids is 1. The first-order valence-electron chi connectivity index (χ1n) is 6.38. The fourth-order valence-electron chi connectivity index (χ4n) is 2.39. The topological polar surface area (TPSA) is 66.8 Å². The summed E-state index contributed by atoms with van der Waals surface area (Å²) >= 11 is 0. The Bertz CT molecular complexity index is 522. The highest BCUT2D eigenvalue weighted by molar-refractivity contribution is 5.86. The maximum atomic E-state index is 11.4. The highest BCUT2D eigenvalue weighted by Crippen LogP contribution is 2.54. The van der Waals surface area contributed by atoms with Gasteiger partial charge in [-0.05, 0) is 30.4 Å². The number of phenols is 1. The Balaban J connectivity index is 2.65. The van der Waals surface area contributed by atoms with E-state index < -0.39 is 11.4 Å². The lowest BCUT2D eigenvalue weighted by Gasteiger charge is -2.24. The highest BCUT2D eigenvalue weighted by Gasteiger charge is 2.54. The number of ether oxygens (including phenoxy) is 1. The average Bonchev–Trinajstić information content (AvgIpc) is 3.09. The number of rotatable bonds is 3. The molecule has 0 aliphatic heterocycles. The van der Waals surface area contributed by atoms with Crippen molar-refractivity contribution in [2.75, 3.05) is 7.11 Å². The molecule has 2 N–H and O–H groups in total. The third-order valence-electron chi connectivity index (χ3n) is 3.80. The van der Waals surface area contributed by atoms with Crippen LogP contribution in [0, 0.1) is 0 Å². The summed E-state index contributed by atoms with van der Waals surface area (Å²) in [6.45, 7) is 5.93. The molecule has 0 aromatic heterocycles. The minimum Gasteiger partial charge on any atom is -0.507 e. The van der Waals surface area contributed by atoms with Gasteiger partial charge in [0.05, 0.1) is 12.5 Å². The van der Waals surface area contributed by atoms with E-state index in [0.717, 1.165) is 5.56 Å². The molecule has 1 aromatic rings.